The molecule has 0 aliphatic heterocycles. The smallest absolute Gasteiger partial charge is 0.276 e. The zero-order valence-corrected chi connectivity index (χ0v) is 9.03. The molecule has 0 aromatic carbocycles. The molecule has 0 radical (unpaired) electrons. The molecule has 0 saturated carbocycles. The number of rotatable bonds is 1. The lowest BCUT2D eigenvalue weighted by atomic mass is 10.3. The number of fused-ring (bicyclic) bond motifs is 1. The summed E-state index contributed by atoms with van der Waals surface area (Å²) in [4.78, 5) is 20.2. The van der Waals surface area contributed by atoms with E-state index in [0.717, 1.165) is 36.2 Å². The summed E-state index contributed by atoms with van der Waals surface area (Å²) < 4.78 is 1.51. The van der Waals surface area contributed by atoms with Crippen LogP contribution in [0.25, 0.3) is 5.82 Å². The number of nitrogens with one attached hydrogen (secondary N) is 1. The number of aromatic nitrogens is 4. The largest absolute Gasteiger partial charge is 0.293 e. The van der Waals surface area contributed by atoms with Crippen LogP contribution in [0, 0.1) is 6.92 Å². The minimum atomic E-state index is 0.0330. The molecule has 3 rings (SSSR count). The molecule has 2 aromatic rings. The Morgan fingerprint density at radius 3 is 3.00 bits per heavy atom. The third kappa shape index (κ3) is 1.28. The van der Waals surface area contributed by atoms with Gasteiger partial charge in [0.2, 0.25) is 0 Å². The van der Waals surface area contributed by atoms with Gasteiger partial charge in [0.1, 0.15) is 6.33 Å². The maximum absolute atomic E-state index is 12.0. The third-order valence-electron chi connectivity index (χ3n) is 2.94. The number of nitrogens with zero attached hydrogens (tertiary/aromatic N) is 3. The van der Waals surface area contributed by atoms with Gasteiger partial charge in [-0.1, -0.05) is 0 Å². The summed E-state index contributed by atoms with van der Waals surface area (Å²) in [5, 5.41) is 3.12. The van der Waals surface area contributed by atoms with E-state index in [1.165, 1.54) is 11.0 Å². The Morgan fingerprint density at radius 1 is 1.38 bits per heavy atom. The summed E-state index contributed by atoms with van der Waals surface area (Å²) >= 11 is 0. The maximum atomic E-state index is 12.0. The monoisotopic (exact) mass is 216 g/mol. The van der Waals surface area contributed by atoms with Crippen molar-refractivity contribution in [2.45, 2.75) is 26.2 Å². The highest BCUT2D eigenvalue weighted by Gasteiger charge is 2.20. The number of hydrogen-bond donors (Lipinski definition) is 1. The van der Waals surface area contributed by atoms with Gasteiger partial charge >= 0.3 is 0 Å². The van der Waals surface area contributed by atoms with Gasteiger partial charge < -0.3 is 0 Å². The van der Waals surface area contributed by atoms with E-state index in [9.17, 15) is 4.79 Å². The van der Waals surface area contributed by atoms with Crippen LogP contribution in [0.1, 0.15) is 23.4 Å². The van der Waals surface area contributed by atoms with Gasteiger partial charge in [-0.15, -0.1) is 0 Å². The zero-order valence-electron chi connectivity index (χ0n) is 9.03. The normalized spacial score (nSPS) is 14.1. The van der Waals surface area contributed by atoms with Crippen LogP contribution < -0.4 is 5.56 Å². The Kier molecular flexibility index (Phi) is 1.92. The van der Waals surface area contributed by atoms with Crippen LogP contribution >= 0.6 is 0 Å². The second-order valence-electron chi connectivity index (χ2n) is 4.08. The molecule has 0 spiro atoms. The molecule has 82 valence electrons. The number of hydrogen-bond acceptors (Lipinski definition) is 3. The van der Waals surface area contributed by atoms with Gasteiger partial charge in [0.05, 0.1) is 0 Å². The summed E-state index contributed by atoms with van der Waals surface area (Å²) in [6.45, 7) is 1.88. The van der Waals surface area contributed by atoms with Crippen molar-refractivity contribution in [3.05, 3.63) is 39.7 Å². The van der Waals surface area contributed by atoms with Crippen LogP contribution in [0.15, 0.2) is 17.2 Å². The summed E-state index contributed by atoms with van der Waals surface area (Å²) in [6, 6.07) is 1.80. The van der Waals surface area contributed by atoms with Crippen molar-refractivity contribution in [1.29, 1.82) is 0 Å². The number of H-pyrrole nitrogens is 1. The molecule has 0 unspecified atom stereocenters. The maximum Gasteiger partial charge on any atom is 0.276 e. The first kappa shape index (κ1) is 9.33. The molecule has 1 aliphatic rings. The van der Waals surface area contributed by atoms with Crippen molar-refractivity contribution < 1.29 is 0 Å². The highest BCUT2D eigenvalue weighted by atomic mass is 16.1. The Balaban J connectivity index is 2.18. The predicted molar refractivity (Wildman–Crippen MR) is 58.7 cm³/mol. The van der Waals surface area contributed by atoms with Gasteiger partial charge in [-0.25, -0.2) is 14.6 Å². The molecular formula is C11H12N4O. The van der Waals surface area contributed by atoms with E-state index in [2.05, 4.69) is 15.1 Å². The molecule has 2 heterocycles. The van der Waals surface area contributed by atoms with Crippen molar-refractivity contribution in [3.8, 4) is 5.82 Å². The first-order chi connectivity index (χ1) is 7.75. The molecule has 2 aromatic heterocycles. The summed E-state index contributed by atoms with van der Waals surface area (Å²) in [7, 11) is 0. The van der Waals surface area contributed by atoms with Crippen molar-refractivity contribution in [1.82, 2.24) is 19.7 Å². The average molecular weight is 216 g/mol. The van der Waals surface area contributed by atoms with Gasteiger partial charge in [-0.3, -0.25) is 9.89 Å². The van der Waals surface area contributed by atoms with Crippen LogP contribution in [0.5, 0.6) is 0 Å². The van der Waals surface area contributed by atoms with Gasteiger partial charge in [0.25, 0.3) is 5.56 Å². The highest BCUT2D eigenvalue weighted by Crippen LogP contribution is 2.17. The van der Waals surface area contributed by atoms with Crippen LogP contribution in [0.3, 0.4) is 0 Å². The summed E-state index contributed by atoms with van der Waals surface area (Å²) in [5.41, 5.74) is 2.86. The van der Waals surface area contributed by atoms with Gasteiger partial charge in [0.15, 0.2) is 5.82 Å². The number of aryl methyl sites for hydroxylation is 2. The van der Waals surface area contributed by atoms with E-state index in [0.29, 0.717) is 5.82 Å². The molecule has 5 heteroatoms. The lowest BCUT2D eigenvalue weighted by Crippen LogP contribution is -2.18. The molecular weight excluding hydrogens is 204 g/mol. The van der Waals surface area contributed by atoms with Gasteiger partial charge in [-0.05, 0) is 26.2 Å². The quantitative estimate of drug-likeness (QED) is 0.765. The van der Waals surface area contributed by atoms with Crippen molar-refractivity contribution >= 4 is 0 Å². The second-order valence-corrected chi connectivity index (χ2v) is 4.08. The van der Waals surface area contributed by atoms with Crippen LogP contribution in [0.4, 0.5) is 0 Å². The SMILES string of the molecule is Cc1cc(-n2[nH]c3c(c2=O)CCC3)ncn1. The van der Waals surface area contributed by atoms with Gasteiger partial charge in [-0.2, -0.15) is 0 Å². The third-order valence-corrected chi connectivity index (χ3v) is 2.94. The molecule has 0 atom stereocenters. The van der Waals surface area contributed by atoms with Crippen LogP contribution in [-0.2, 0) is 12.8 Å². The van der Waals surface area contributed by atoms with E-state index in [1.807, 2.05) is 6.92 Å². The first-order valence-electron chi connectivity index (χ1n) is 5.37. The fourth-order valence-corrected chi connectivity index (χ4v) is 2.15. The average Bonchev–Trinajstić information content (AvgIpc) is 2.82. The Labute approximate surface area is 92.2 Å². The van der Waals surface area contributed by atoms with E-state index >= 15 is 0 Å². The van der Waals surface area contributed by atoms with Crippen molar-refractivity contribution in [2.24, 2.45) is 0 Å². The van der Waals surface area contributed by atoms with E-state index in [4.69, 9.17) is 0 Å². The lowest BCUT2D eigenvalue weighted by Gasteiger charge is -2.01. The van der Waals surface area contributed by atoms with Crippen molar-refractivity contribution in [2.75, 3.05) is 0 Å². The van der Waals surface area contributed by atoms with Crippen LogP contribution in [-0.4, -0.2) is 19.7 Å². The first-order valence-corrected chi connectivity index (χ1v) is 5.37. The highest BCUT2D eigenvalue weighted by molar-refractivity contribution is 5.29. The molecule has 0 bridgehead atoms. The van der Waals surface area contributed by atoms with E-state index in [1.54, 1.807) is 6.07 Å². The van der Waals surface area contributed by atoms with Crippen molar-refractivity contribution in [3.63, 3.8) is 0 Å². The molecule has 0 saturated heterocycles. The molecule has 1 N–H and O–H groups in total. The summed E-state index contributed by atoms with van der Waals surface area (Å²) in [5.74, 6) is 0.618. The molecule has 16 heavy (non-hydrogen) atoms. The second kappa shape index (κ2) is 3.30. The Morgan fingerprint density at radius 2 is 2.25 bits per heavy atom. The van der Waals surface area contributed by atoms with Gasteiger partial charge in [0, 0.05) is 23.0 Å². The Bertz CT molecular complexity index is 596. The minimum absolute atomic E-state index is 0.0330. The molecule has 0 amide bonds. The van der Waals surface area contributed by atoms with E-state index < -0.39 is 0 Å². The molecule has 5 nitrogen and oxygen atoms in total. The lowest BCUT2D eigenvalue weighted by molar-refractivity contribution is 0.758. The Hall–Kier alpha value is -1.91. The standard InChI is InChI=1S/C11H12N4O/c1-7-5-10(13-6-12-7)15-11(16)8-3-2-4-9(8)14-15/h5-6,14H,2-4H2,1H3. The predicted octanol–water partition coefficient (Wildman–Crippen LogP) is 0.753. The molecule has 1 aliphatic carbocycles. The fraction of sp³-hybridized carbons (Fsp3) is 0.364. The van der Waals surface area contributed by atoms with Crippen LogP contribution in [0.2, 0.25) is 0 Å². The summed E-state index contributed by atoms with van der Waals surface area (Å²) in [6.07, 6.45) is 4.38. The fourth-order valence-electron chi connectivity index (χ4n) is 2.15. The topological polar surface area (TPSA) is 63.6 Å². The minimum Gasteiger partial charge on any atom is -0.293 e. The number of aromatic amines is 1. The van der Waals surface area contributed by atoms with E-state index in [-0.39, 0.29) is 5.56 Å². The molecule has 0 fully saturated rings. The zero-order chi connectivity index (χ0) is 11.1.